The minimum absolute atomic E-state index is 0.146. The highest BCUT2D eigenvalue weighted by atomic mass is 16.5. The highest BCUT2D eigenvalue weighted by Gasteiger charge is 2.16. The number of carbonyl (C=O) groups excluding carboxylic acids is 2. The molecule has 0 saturated heterocycles. The zero-order valence-electron chi connectivity index (χ0n) is 16.5. The Hall–Kier alpha value is -3.21. The van der Waals surface area contributed by atoms with Gasteiger partial charge in [-0.2, -0.15) is 0 Å². The summed E-state index contributed by atoms with van der Waals surface area (Å²) in [4.78, 5) is 28.8. The van der Waals surface area contributed by atoms with E-state index in [0.29, 0.717) is 5.52 Å². The molecule has 5 nitrogen and oxygen atoms in total. The topological polar surface area (TPSA) is 68.3 Å². The van der Waals surface area contributed by atoms with E-state index in [9.17, 15) is 9.59 Å². The van der Waals surface area contributed by atoms with E-state index in [0.717, 1.165) is 23.8 Å². The van der Waals surface area contributed by atoms with Gasteiger partial charge in [0.2, 0.25) is 0 Å². The summed E-state index contributed by atoms with van der Waals surface area (Å²) in [6.07, 6.45) is 4.70. The van der Waals surface area contributed by atoms with Gasteiger partial charge < -0.3 is 10.1 Å². The lowest BCUT2D eigenvalue weighted by molar-refractivity contribution is -0.124. The van der Waals surface area contributed by atoms with E-state index in [1.165, 1.54) is 24.0 Å². The van der Waals surface area contributed by atoms with Gasteiger partial charge in [-0.05, 0) is 61.4 Å². The molecule has 3 aromatic rings. The van der Waals surface area contributed by atoms with Crippen molar-refractivity contribution in [3.05, 3.63) is 77.0 Å². The highest BCUT2D eigenvalue weighted by Crippen LogP contribution is 2.24. The summed E-state index contributed by atoms with van der Waals surface area (Å²) < 4.78 is 5.15. The number of fused-ring (bicyclic) bond motifs is 2. The number of nitrogens with zero attached hydrogens (tertiary/aromatic N) is 1. The third-order valence-electron chi connectivity index (χ3n) is 5.39. The van der Waals surface area contributed by atoms with Crippen LogP contribution in [0.4, 0.5) is 0 Å². The van der Waals surface area contributed by atoms with Crippen molar-refractivity contribution >= 4 is 22.8 Å². The van der Waals surface area contributed by atoms with Gasteiger partial charge in [-0.3, -0.25) is 4.79 Å². The molecule has 1 aliphatic carbocycles. The second kappa shape index (κ2) is 8.43. The number of hydrogen-bond acceptors (Lipinski definition) is 4. The van der Waals surface area contributed by atoms with Gasteiger partial charge in [0.05, 0.1) is 11.6 Å². The highest BCUT2D eigenvalue weighted by molar-refractivity contribution is 5.92. The lowest BCUT2D eigenvalue weighted by atomic mass is 9.89. The second-order valence-corrected chi connectivity index (χ2v) is 7.49. The van der Waals surface area contributed by atoms with Crippen LogP contribution in [0.15, 0.2) is 54.6 Å². The quantitative estimate of drug-likeness (QED) is 0.667. The van der Waals surface area contributed by atoms with E-state index in [1.54, 1.807) is 6.07 Å². The third kappa shape index (κ3) is 4.45. The number of nitrogens with one attached hydrogen (secondary N) is 1. The van der Waals surface area contributed by atoms with Gasteiger partial charge in [0.25, 0.3) is 5.91 Å². The van der Waals surface area contributed by atoms with Crippen molar-refractivity contribution in [2.45, 2.75) is 38.6 Å². The van der Waals surface area contributed by atoms with Gasteiger partial charge in [0.15, 0.2) is 6.61 Å². The summed E-state index contributed by atoms with van der Waals surface area (Å²) in [5.74, 6) is -0.934. The van der Waals surface area contributed by atoms with Crippen LogP contribution in [0.1, 0.15) is 53.0 Å². The van der Waals surface area contributed by atoms with Gasteiger partial charge in [0.1, 0.15) is 5.69 Å². The molecule has 1 heterocycles. The molecule has 0 aliphatic heterocycles. The average molecular weight is 388 g/mol. The standard InChI is InChI=1S/C24H24N2O3/c1-16(19-11-10-17-6-2-3-8-20(17)14-19)25-23(27)15-29-24(28)22-13-12-18-7-4-5-9-21(18)26-22/h4-5,7,9-14,16H,2-3,6,8,15H2,1H3,(H,25,27). The molecule has 1 atom stereocenters. The fourth-order valence-electron chi connectivity index (χ4n) is 3.77. The average Bonchev–Trinajstić information content (AvgIpc) is 2.76. The fourth-order valence-corrected chi connectivity index (χ4v) is 3.77. The number of amides is 1. The van der Waals surface area contributed by atoms with Crippen LogP contribution in [-0.4, -0.2) is 23.5 Å². The monoisotopic (exact) mass is 388 g/mol. The van der Waals surface area contributed by atoms with E-state index >= 15 is 0 Å². The predicted molar refractivity (Wildman–Crippen MR) is 112 cm³/mol. The molecule has 5 heteroatoms. The SMILES string of the molecule is CC(NC(=O)COC(=O)c1ccc2ccccc2n1)c1ccc2c(c1)CCCC2. The molecule has 1 aliphatic rings. The van der Waals surface area contributed by atoms with E-state index in [1.807, 2.05) is 37.3 Å². The zero-order chi connectivity index (χ0) is 20.2. The number of pyridine rings is 1. The normalized spacial score (nSPS) is 14.1. The molecule has 0 fully saturated rings. The summed E-state index contributed by atoms with van der Waals surface area (Å²) in [5.41, 5.74) is 4.77. The van der Waals surface area contributed by atoms with Crippen molar-refractivity contribution in [3.8, 4) is 0 Å². The van der Waals surface area contributed by atoms with Crippen molar-refractivity contribution in [2.75, 3.05) is 6.61 Å². The summed E-state index contributed by atoms with van der Waals surface area (Å²) >= 11 is 0. The Morgan fingerprint density at radius 3 is 2.69 bits per heavy atom. The Labute approximate surface area is 170 Å². The number of ether oxygens (including phenoxy) is 1. The number of carbonyl (C=O) groups is 2. The molecule has 1 amide bonds. The Morgan fingerprint density at radius 2 is 1.83 bits per heavy atom. The molecule has 0 spiro atoms. The number of aromatic nitrogens is 1. The number of benzene rings is 2. The predicted octanol–water partition coefficient (Wildman–Crippen LogP) is 4.15. The lowest BCUT2D eigenvalue weighted by Gasteiger charge is -2.20. The maximum absolute atomic E-state index is 12.3. The molecule has 1 unspecified atom stereocenters. The van der Waals surface area contributed by atoms with Crippen molar-refractivity contribution in [1.29, 1.82) is 0 Å². The first-order valence-corrected chi connectivity index (χ1v) is 10.0. The van der Waals surface area contributed by atoms with Crippen molar-refractivity contribution in [3.63, 3.8) is 0 Å². The molecular weight excluding hydrogens is 364 g/mol. The van der Waals surface area contributed by atoms with Gasteiger partial charge in [-0.1, -0.05) is 42.5 Å². The van der Waals surface area contributed by atoms with Crippen LogP contribution in [-0.2, 0) is 22.4 Å². The zero-order valence-corrected chi connectivity index (χ0v) is 16.5. The second-order valence-electron chi connectivity index (χ2n) is 7.49. The first-order valence-electron chi connectivity index (χ1n) is 10.0. The van der Waals surface area contributed by atoms with Crippen LogP contribution in [0.25, 0.3) is 10.9 Å². The number of hydrogen-bond donors (Lipinski definition) is 1. The number of para-hydroxylation sites is 1. The smallest absolute Gasteiger partial charge is 0.357 e. The van der Waals surface area contributed by atoms with E-state index < -0.39 is 5.97 Å². The van der Waals surface area contributed by atoms with Crippen LogP contribution in [0.5, 0.6) is 0 Å². The maximum atomic E-state index is 12.3. The van der Waals surface area contributed by atoms with Crippen LogP contribution < -0.4 is 5.32 Å². The molecule has 1 aromatic heterocycles. The van der Waals surface area contributed by atoms with Crippen LogP contribution in [0, 0.1) is 0 Å². The number of rotatable bonds is 5. The molecule has 2 aromatic carbocycles. The van der Waals surface area contributed by atoms with Crippen LogP contribution >= 0.6 is 0 Å². The summed E-state index contributed by atoms with van der Waals surface area (Å²) in [6.45, 7) is 1.61. The Morgan fingerprint density at radius 1 is 1.03 bits per heavy atom. The summed E-state index contributed by atoms with van der Waals surface area (Å²) in [5, 5.41) is 3.85. The molecule has 0 bridgehead atoms. The Kier molecular flexibility index (Phi) is 5.56. The summed E-state index contributed by atoms with van der Waals surface area (Å²) in [7, 11) is 0. The van der Waals surface area contributed by atoms with Gasteiger partial charge in [-0.25, -0.2) is 9.78 Å². The molecule has 0 saturated carbocycles. The minimum Gasteiger partial charge on any atom is -0.451 e. The molecule has 1 N–H and O–H groups in total. The van der Waals surface area contributed by atoms with Gasteiger partial charge >= 0.3 is 5.97 Å². The third-order valence-corrected chi connectivity index (χ3v) is 5.39. The maximum Gasteiger partial charge on any atom is 0.357 e. The summed E-state index contributed by atoms with van der Waals surface area (Å²) in [6, 6.07) is 17.2. The number of aryl methyl sites for hydroxylation is 2. The van der Waals surface area contributed by atoms with Crippen LogP contribution in [0.2, 0.25) is 0 Å². The number of esters is 1. The van der Waals surface area contributed by atoms with Crippen molar-refractivity contribution in [1.82, 2.24) is 10.3 Å². The van der Waals surface area contributed by atoms with Crippen LogP contribution in [0.3, 0.4) is 0 Å². The molecule has 4 rings (SSSR count). The fraction of sp³-hybridized carbons (Fsp3) is 0.292. The Bertz CT molecular complexity index is 1060. The minimum atomic E-state index is -0.604. The van der Waals surface area contributed by atoms with E-state index in [2.05, 4.69) is 28.5 Å². The Balaban J connectivity index is 1.33. The molecule has 148 valence electrons. The van der Waals surface area contributed by atoms with Gasteiger partial charge in [-0.15, -0.1) is 0 Å². The molecule has 29 heavy (non-hydrogen) atoms. The molecule has 0 radical (unpaired) electrons. The van der Waals surface area contributed by atoms with Crippen molar-refractivity contribution < 1.29 is 14.3 Å². The first-order chi connectivity index (χ1) is 14.1. The first kappa shape index (κ1) is 19.1. The lowest BCUT2D eigenvalue weighted by Crippen LogP contribution is -2.31. The van der Waals surface area contributed by atoms with Gasteiger partial charge in [0, 0.05) is 5.39 Å². The van der Waals surface area contributed by atoms with Crippen molar-refractivity contribution in [2.24, 2.45) is 0 Å². The van der Waals surface area contributed by atoms with E-state index in [-0.39, 0.29) is 24.2 Å². The largest absolute Gasteiger partial charge is 0.451 e. The van der Waals surface area contributed by atoms with E-state index in [4.69, 9.17) is 4.74 Å². The molecular formula is C24H24N2O3.